The summed E-state index contributed by atoms with van der Waals surface area (Å²) in [5.41, 5.74) is 10.8. The fourth-order valence-electron chi connectivity index (χ4n) is 7.26. The summed E-state index contributed by atoms with van der Waals surface area (Å²) in [4.78, 5) is 24.6. The minimum atomic E-state index is -0.311. The summed E-state index contributed by atoms with van der Waals surface area (Å²) >= 11 is 0. The van der Waals surface area contributed by atoms with E-state index in [0.717, 1.165) is 80.1 Å². The van der Waals surface area contributed by atoms with Gasteiger partial charge in [0.05, 0.1) is 17.3 Å². The summed E-state index contributed by atoms with van der Waals surface area (Å²) in [5, 5.41) is 23.1. The number of hydrogen-bond donors (Lipinski definition) is 4. The second-order valence-corrected chi connectivity index (χ2v) is 12.9. The molecule has 2 saturated heterocycles. The third-order valence-electron chi connectivity index (χ3n) is 9.81. The molecule has 248 valence electrons. The van der Waals surface area contributed by atoms with Crippen molar-refractivity contribution < 1.29 is 4.39 Å². The number of H-pyrrole nitrogens is 1. The van der Waals surface area contributed by atoms with E-state index in [2.05, 4.69) is 36.8 Å². The molecule has 0 bridgehead atoms. The third kappa shape index (κ3) is 6.92. The fourth-order valence-corrected chi connectivity index (χ4v) is 7.26. The van der Waals surface area contributed by atoms with Crippen LogP contribution in [0.25, 0.3) is 22.6 Å². The molecule has 1 unspecified atom stereocenters. The summed E-state index contributed by atoms with van der Waals surface area (Å²) in [7, 11) is 0. The molecular weight excluding hydrogens is 617 g/mol. The number of nitrogens with one attached hydrogen (secondary N) is 3. The van der Waals surface area contributed by atoms with Gasteiger partial charge in [0, 0.05) is 66.1 Å². The quantitative estimate of drug-likeness (QED) is 0.177. The highest BCUT2D eigenvalue weighted by Crippen LogP contribution is 2.41. The first kappa shape index (κ1) is 32.1. The van der Waals surface area contributed by atoms with E-state index in [1.54, 1.807) is 30.5 Å². The van der Waals surface area contributed by atoms with Crippen molar-refractivity contribution >= 4 is 11.5 Å². The van der Waals surface area contributed by atoms with Crippen molar-refractivity contribution in [2.24, 2.45) is 0 Å². The van der Waals surface area contributed by atoms with Crippen molar-refractivity contribution in [1.82, 2.24) is 30.8 Å². The van der Waals surface area contributed by atoms with E-state index in [0.29, 0.717) is 34.8 Å². The molecule has 0 aliphatic carbocycles. The van der Waals surface area contributed by atoms with E-state index in [4.69, 9.17) is 10.7 Å². The second-order valence-electron chi connectivity index (χ2n) is 12.9. The molecule has 11 heteroatoms. The summed E-state index contributed by atoms with van der Waals surface area (Å²) in [6.45, 7) is 4.06. The van der Waals surface area contributed by atoms with Crippen LogP contribution in [-0.2, 0) is 11.8 Å². The average molecular weight is 656 g/mol. The molecule has 5 N–H and O–H groups in total. The molecular formula is C38H38FN9O. The number of halogens is 1. The van der Waals surface area contributed by atoms with Crippen LogP contribution in [0, 0.1) is 17.1 Å². The van der Waals surface area contributed by atoms with Gasteiger partial charge in [0.1, 0.15) is 11.6 Å². The number of nitriles is 1. The van der Waals surface area contributed by atoms with Crippen LogP contribution in [0.2, 0.25) is 0 Å². The Bertz CT molecular complexity index is 2050. The lowest BCUT2D eigenvalue weighted by Crippen LogP contribution is -2.55. The van der Waals surface area contributed by atoms with Gasteiger partial charge in [-0.1, -0.05) is 42.5 Å². The Morgan fingerprint density at radius 1 is 0.980 bits per heavy atom. The Kier molecular flexibility index (Phi) is 9.15. The maximum absolute atomic E-state index is 15.4. The Morgan fingerprint density at radius 3 is 2.61 bits per heavy atom. The van der Waals surface area contributed by atoms with Crippen molar-refractivity contribution in [2.45, 2.75) is 37.1 Å². The van der Waals surface area contributed by atoms with Crippen molar-refractivity contribution in [3.05, 3.63) is 123 Å². The topological polar surface area (TPSA) is 149 Å². The largest absolute Gasteiger partial charge is 0.399 e. The number of benzene rings is 3. The molecule has 2 aromatic heterocycles. The van der Waals surface area contributed by atoms with Gasteiger partial charge < -0.3 is 21.3 Å². The van der Waals surface area contributed by atoms with Crippen LogP contribution < -0.4 is 26.8 Å². The number of hydrogen-bond acceptors (Lipinski definition) is 9. The Hall–Kier alpha value is -5.44. The molecule has 49 heavy (non-hydrogen) atoms. The van der Waals surface area contributed by atoms with Crippen LogP contribution in [-0.4, -0.2) is 58.9 Å². The van der Waals surface area contributed by atoms with Crippen LogP contribution in [0.4, 0.5) is 15.9 Å². The van der Waals surface area contributed by atoms with E-state index in [1.165, 1.54) is 6.07 Å². The summed E-state index contributed by atoms with van der Waals surface area (Å²) in [6.07, 6.45) is 4.69. The number of aromatic nitrogens is 4. The minimum absolute atomic E-state index is 0.111. The van der Waals surface area contributed by atoms with Crippen molar-refractivity contribution in [1.29, 1.82) is 5.26 Å². The molecule has 2 fully saturated rings. The zero-order chi connectivity index (χ0) is 33.8. The fraction of sp³-hybridized carbons (Fsp3) is 0.289. The molecule has 0 radical (unpaired) electrons. The van der Waals surface area contributed by atoms with Crippen LogP contribution in [0.5, 0.6) is 0 Å². The molecule has 10 nitrogen and oxygen atoms in total. The second kappa shape index (κ2) is 14.0. The average Bonchev–Trinajstić information content (AvgIpc) is 3.13. The third-order valence-corrected chi connectivity index (χ3v) is 9.81. The Labute approximate surface area is 284 Å². The molecule has 0 spiro atoms. The Balaban J connectivity index is 1.11. The zero-order valence-electron chi connectivity index (χ0n) is 27.1. The van der Waals surface area contributed by atoms with Gasteiger partial charge in [-0.2, -0.15) is 10.4 Å². The molecule has 2 aliphatic rings. The maximum atomic E-state index is 15.4. The van der Waals surface area contributed by atoms with Gasteiger partial charge >= 0.3 is 0 Å². The number of aromatic amines is 1. The molecule has 0 saturated carbocycles. The summed E-state index contributed by atoms with van der Waals surface area (Å²) < 4.78 is 15.4. The van der Waals surface area contributed by atoms with Crippen LogP contribution in [0.15, 0.2) is 89.9 Å². The highest BCUT2D eigenvalue weighted by Gasteiger charge is 2.40. The molecule has 1 atom stereocenters. The smallest absolute Gasteiger partial charge is 0.267 e. The van der Waals surface area contributed by atoms with Gasteiger partial charge in [0.2, 0.25) is 0 Å². The highest BCUT2D eigenvalue weighted by atomic mass is 19.1. The summed E-state index contributed by atoms with van der Waals surface area (Å²) in [5.74, 6) is 1.23. The first-order valence-electron chi connectivity index (χ1n) is 16.7. The van der Waals surface area contributed by atoms with Crippen LogP contribution >= 0.6 is 0 Å². The van der Waals surface area contributed by atoms with E-state index in [9.17, 15) is 10.1 Å². The van der Waals surface area contributed by atoms with Crippen molar-refractivity contribution in [3.63, 3.8) is 0 Å². The number of nitrogens with two attached hydrogens (primary N) is 1. The highest BCUT2D eigenvalue weighted by molar-refractivity contribution is 5.62. The van der Waals surface area contributed by atoms with Gasteiger partial charge in [-0.25, -0.2) is 19.5 Å². The predicted octanol–water partition coefficient (Wildman–Crippen LogP) is 4.57. The molecule has 5 aromatic rings. The molecule has 7 rings (SSSR count). The van der Waals surface area contributed by atoms with E-state index >= 15 is 4.39 Å². The van der Waals surface area contributed by atoms with Crippen molar-refractivity contribution in [2.75, 3.05) is 43.4 Å². The first-order chi connectivity index (χ1) is 23.9. The molecule has 3 aromatic carbocycles. The van der Waals surface area contributed by atoms with E-state index in [1.807, 2.05) is 48.5 Å². The normalized spacial score (nSPS) is 17.4. The number of piperazine rings is 1. The lowest BCUT2D eigenvalue weighted by atomic mass is 9.68. The van der Waals surface area contributed by atoms with Gasteiger partial charge in [-0.3, -0.25) is 4.79 Å². The van der Waals surface area contributed by atoms with Crippen LogP contribution in [0.1, 0.15) is 41.5 Å². The predicted molar refractivity (Wildman–Crippen MR) is 188 cm³/mol. The molecule has 0 amide bonds. The van der Waals surface area contributed by atoms with E-state index in [-0.39, 0.29) is 22.8 Å². The van der Waals surface area contributed by atoms with Gasteiger partial charge in [-0.05, 0) is 79.9 Å². The van der Waals surface area contributed by atoms with Gasteiger partial charge in [0.25, 0.3) is 5.56 Å². The number of rotatable bonds is 8. The van der Waals surface area contributed by atoms with Gasteiger partial charge in [-0.15, -0.1) is 0 Å². The number of nitrogens with zero attached hydrogens (tertiary/aromatic N) is 5. The van der Waals surface area contributed by atoms with E-state index < -0.39 is 0 Å². The zero-order valence-corrected chi connectivity index (χ0v) is 27.1. The monoisotopic (exact) mass is 655 g/mol. The molecule has 4 heterocycles. The number of nitrogen functional groups attached to an aromatic ring is 1. The number of piperidine rings is 1. The standard InChI is InChI=1S/C38H38FN9O/c39-33-21-30(41)8-9-32(33)38(11-14-42-15-12-38)22-31-24-43-16-17-48(31)35-10-13-44-36(45-35)27-6-4-25(5-7-27)18-29-20-34(46-47-37(29)49)28-3-1-2-26(19-28)23-40/h1-10,13,19-21,31,42-43H,11-12,14-18,22,24,41H2,(H,47,49). The maximum Gasteiger partial charge on any atom is 0.267 e. The van der Waals surface area contributed by atoms with Crippen LogP contribution in [0.3, 0.4) is 0 Å². The minimum Gasteiger partial charge on any atom is -0.399 e. The summed E-state index contributed by atoms with van der Waals surface area (Å²) in [6, 6.07) is 26.2. The SMILES string of the molecule is N#Cc1cccc(-c2cc(Cc3ccc(-c4nccc(N5CCNCC5CC5(c6ccc(N)cc6F)CCNCC5)n4)cc3)c(=O)[nH]n2)c1. The first-order valence-corrected chi connectivity index (χ1v) is 16.7. The van der Waals surface area contributed by atoms with Gasteiger partial charge in [0.15, 0.2) is 5.82 Å². The van der Waals surface area contributed by atoms with Crippen molar-refractivity contribution in [3.8, 4) is 28.7 Å². The number of anilines is 2. The molecule has 2 aliphatic heterocycles. The lowest BCUT2D eigenvalue weighted by Gasteiger charge is -2.45. The lowest BCUT2D eigenvalue weighted by molar-refractivity contribution is 0.248. The Morgan fingerprint density at radius 2 is 1.82 bits per heavy atom.